The van der Waals surface area contributed by atoms with Gasteiger partial charge >= 0.3 is 5.97 Å². The lowest BCUT2D eigenvalue weighted by molar-refractivity contribution is -0.148. The third-order valence-corrected chi connectivity index (χ3v) is 2.74. The van der Waals surface area contributed by atoms with Crippen LogP contribution in [-0.4, -0.2) is 22.6 Å². The van der Waals surface area contributed by atoms with Crippen LogP contribution in [-0.2, 0) is 9.59 Å². The van der Waals surface area contributed by atoms with Gasteiger partial charge in [0, 0.05) is 12.1 Å². The van der Waals surface area contributed by atoms with E-state index in [4.69, 9.17) is 9.84 Å². The second kappa shape index (κ2) is 6.16. The van der Waals surface area contributed by atoms with Crippen molar-refractivity contribution < 1.29 is 19.4 Å². The first-order chi connectivity index (χ1) is 9.49. The summed E-state index contributed by atoms with van der Waals surface area (Å²) in [5.41, 5.74) is -0.752. The SMILES string of the molecule is CC(C)(C)Oc1ccc(NC(=O)CC(C)(C)C(=O)O)cc1. The lowest BCUT2D eigenvalue weighted by Crippen LogP contribution is -2.29. The summed E-state index contributed by atoms with van der Waals surface area (Å²) >= 11 is 0. The van der Waals surface area contributed by atoms with Gasteiger partial charge in [-0.15, -0.1) is 0 Å². The summed E-state index contributed by atoms with van der Waals surface area (Å²) in [5, 5.41) is 11.7. The van der Waals surface area contributed by atoms with Gasteiger partial charge < -0.3 is 15.2 Å². The molecule has 0 saturated heterocycles. The van der Waals surface area contributed by atoms with Crippen molar-refractivity contribution >= 4 is 17.6 Å². The summed E-state index contributed by atoms with van der Waals surface area (Å²) in [6.07, 6.45) is -0.0808. The zero-order valence-electron chi connectivity index (χ0n) is 13.2. The van der Waals surface area contributed by atoms with Crippen molar-refractivity contribution in [1.29, 1.82) is 0 Å². The minimum Gasteiger partial charge on any atom is -0.488 e. The zero-order valence-corrected chi connectivity index (χ0v) is 13.2. The molecule has 0 aliphatic rings. The van der Waals surface area contributed by atoms with E-state index in [1.165, 1.54) is 13.8 Å². The molecule has 2 N–H and O–H groups in total. The molecule has 0 aliphatic heterocycles. The Morgan fingerprint density at radius 2 is 1.62 bits per heavy atom. The first-order valence-electron chi connectivity index (χ1n) is 6.82. The van der Waals surface area contributed by atoms with E-state index in [9.17, 15) is 9.59 Å². The Labute approximate surface area is 125 Å². The van der Waals surface area contributed by atoms with Crippen LogP contribution < -0.4 is 10.1 Å². The van der Waals surface area contributed by atoms with Gasteiger partial charge in [0.25, 0.3) is 0 Å². The highest BCUT2D eigenvalue weighted by molar-refractivity contribution is 5.94. The van der Waals surface area contributed by atoms with E-state index >= 15 is 0 Å². The minimum absolute atomic E-state index is 0.0808. The van der Waals surface area contributed by atoms with Crippen LogP contribution >= 0.6 is 0 Å². The first kappa shape index (κ1) is 17.0. The van der Waals surface area contributed by atoms with E-state index in [0.717, 1.165) is 0 Å². The molecule has 0 saturated carbocycles. The molecular weight excluding hydrogens is 270 g/mol. The lowest BCUT2D eigenvalue weighted by atomic mass is 9.89. The summed E-state index contributed by atoms with van der Waals surface area (Å²) in [7, 11) is 0. The molecule has 5 heteroatoms. The van der Waals surface area contributed by atoms with Gasteiger partial charge in [-0.25, -0.2) is 0 Å². The minimum atomic E-state index is -1.08. The molecular formula is C16H23NO4. The number of hydrogen-bond acceptors (Lipinski definition) is 3. The fourth-order valence-corrected chi connectivity index (χ4v) is 1.64. The Bertz CT molecular complexity index is 512. The molecule has 0 aromatic heterocycles. The molecule has 0 spiro atoms. The van der Waals surface area contributed by atoms with Gasteiger partial charge in [-0.2, -0.15) is 0 Å². The maximum atomic E-state index is 11.8. The summed E-state index contributed by atoms with van der Waals surface area (Å²) in [4.78, 5) is 22.8. The number of carboxylic acids is 1. The maximum Gasteiger partial charge on any atom is 0.309 e. The van der Waals surface area contributed by atoms with Crippen LogP contribution in [0, 0.1) is 5.41 Å². The lowest BCUT2D eigenvalue weighted by Gasteiger charge is -2.21. The van der Waals surface area contributed by atoms with Crippen molar-refractivity contribution in [1.82, 2.24) is 0 Å². The second-order valence-electron chi connectivity index (χ2n) is 6.65. The number of nitrogens with one attached hydrogen (secondary N) is 1. The van der Waals surface area contributed by atoms with Crippen molar-refractivity contribution in [3.05, 3.63) is 24.3 Å². The molecule has 0 fully saturated rings. The average molecular weight is 293 g/mol. The predicted molar refractivity (Wildman–Crippen MR) is 81.5 cm³/mol. The number of ether oxygens (including phenoxy) is 1. The van der Waals surface area contributed by atoms with Crippen LogP contribution in [0.2, 0.25) is 0 Å². The number of carbonyl (C=O) groups excluding carboxylic acids is 1. The normalized spacial score (nSPS) is 11.9. The molecule has 1 rings (SSSR count). The van der Waals surface area contributed by atoms with Gasteiger partial charge in [0.1, 0.15) is 11.4 Å². The van der Waals surface area contributed by atoms with Crippen LogP contribution in [0.15, 0.2) is 24.3 Å². The molecule has 0 heterocycles. The van der Waals surface area contributed by atoms with Crippen LogP contribution in [0.1, 0.15) is 41.0 Å². The van der Waals surface area contributed by atoms with Crippen molar-refractivity contribution in [2.75, 3.05) is 5.32 Å². The van der Waals surface area contributed by atoms with Gasteiger partial charge in [-0.05, 0) is 58.9 Å². The molecule has 0 atom stereocenters. The van der Waals surface area contributed by atoms with Gasteiger partial charge in [-0.1, -0.05) is 0 Å². The standard InChI is InChI=1S/C16H23NO4/c1-15(2,3)21-12-8-6-11(7-9-12)17-13(18)10-16(4,5)14(19)20/h6-9H,10H2,1-5H3,(H,17,18)(H,19,20). The quantitative estimate of drug-likeness (QED) is 0.873. The van der Waals surface area contributed by atoms with Gasteiger partial charge in [0.15, 0.2) is 0 Å². The highest BCUT2D eigenvalue weighted by Gasteiger charge is 2.30. The van der Waals surface area contributed by atoms with Crippen molar-refractivity contribution in [3.8, 4) is 5.75 Å². The number of anilines is 1. The van der Waals surface area contributed by atoms with E-state index in [2.05, 4.69) is 5.32 Å². The largest absolute Gasteiger partial charge is 0.488 e. The first-order valence-corrected chi connectivity index (χ1v) is 6.82. The van der Waals surface area contributed by atoms with E-state index in [1.54, 1.807) is 24.3 Å². The number of benzene rings is 1. The fourth-order valence-electron chi connectivity index (χ4n) is 1.64. The number of amides is 1. The molecule has 21 heavy (non-hydrogen) atoms. The second-order valence-corrected chi connectivity index (χ2v) is 6.65. The number of carboxylic acid groups (broad SMARTS) is 1. The molecule has 1 amide bonds. The summed E-state index contributed by atoms with van der Waals surface area (Å²) < 4.78 is 5.68. The number of carbonyl (C=O) groups is 2. The Morgan fingerprint density at radius 1 is 1.10 bits per heavy atom. The van der Waals surface area contributed by atoms with Crippen LogP contribution in [0.4, 0.5) is 5.69 Å². The van der Waals surface area contributed by atoms with Crippen molar-refractivity contribution in [2.24, 2.45) is 5.41 Å². The van der Waals surface area contributed by atoms with Gasteiger partial charge in [0.05, 0.1) is 5.41 Å². The summed E-state index contributed by atoms with van der Waals surface area (Å²) in [6, 6.07) is 6.99. The number of aliphatic carboxylic acids is 1. The third kappa shape index (κ3) is 5.85. The molecule has 1 aromatic rings. The fraction of sp³-hybridized carbons (Fsp3) is 0.500. The van der Waals surface area contributed by atoms with Gasteiger partial charge in [-0.3, -0.25) is 9.59 Å². The summed E-state index contributed by atoms with van der Waals surface area (Å²) in [5.74, 6) is -0.607. The molecule has 0 aliphatic carbocycles. The molecule has 116 valence electrons. The van der Waals surface area contributed by atoms with E-state index in [0.29, 0.717) is 11.4 Å². The average Bonchev–Trinajstić information content (AvgIpc) is 2.28. The third-order valence-electron chi connectivity index (χ3n) is 2.74. The topological polar surface area (TPSA) is 75.6 Å². The van der Waals surface area contributed by atoms with E-state index in [1.807, 2.05) is 20.8 Å². The van der Waals surface area contributed by atoms with Crippen molar-refractivity contribution in [3.63, 3.8) is 0 Å². The van der Waals surface area contributed by atoms with Gasteiger partial charge in [0.2, 0.25) is 5.91 Å². The Kier molecular flexibility index (Phi) is 4.99. The molecule has 0 bridgehead atoms. The summed E-state index contributed by atoms with van der Waals surface area (Å²) in [6.45, 7) is 8.91. The molecule has 1 aromatic carbocycles. The molecule has 0 unspecified atom stereocenters. The zero-order chi connectivity index (χ0) is 16.3. The predicted octanol–water partition coefficient (Wildman–Crippen LogP) is 3.30. The highest BCUT2D eigenvalue weighted by Crippen LogP contribution is 2.23. The van der Waals surface area contributed by atoms with Crippen LogP contribution in [0.5, 0.6) is 5.75 Å². The smallest absolute Gasteiger partial charge is 0.309 e. The monoisotopic (exact) mass is 293 g/mol. The molecule has 0 radical (unpaired) electrons. The molecule has 5 nitrogen and oxygen atoms in total. The maximum absolute atomic E-state index is 11.8. The highest BCUT2D eigenvalue weighted by atomic mass is 16.5. The van der Waals surface area contributed by atoms with E-state index in [-0.39, 0.29) is 17.9 Å². The number of rotatable bonds is 5. The van der Waals surface area contributed by atoms with Crippen LogP contribution in [0.3, 0.4) is 0 Å². The Morgan fingerprint density at radius 3 is 2.05 bits per heavy atom. The number of hydrogen-bond donors (Lipinski definition) is 2. The van der Waals surface area contributed by atoms with E-state index < -0.39 is 11.4 Å². The van der Waals surface area contributed by atoms with Crippen molar-refractivity contribution in [2.45, 2.75) is 46.6 Å². The van der Waals surface area contributed by atoms with Crippen LogP contribution in [0.25, 0.3) is 0 Å². The Balaban J connectivity index is 2.64. The Hall–Kier alpha value is -2.04.